The highest BCUT2D eigenvalue weighted by Crippen LogP contribution is 2.16. The molecule has 0 aromatic rings. The van der Waals surface area contributed by atoms with Crippen molar-refractivity contribution in [3.05, 3.63) is 109 Å². The molecule has 0 saturated carbocycles. The van der Waals surface area contributed by atoms with Crippen molar-refractivity contribution in [2.24, 2.45) is 0 Å². The average Bonchev–Trinajstić information content (AvgIpc) is 3.37. The Kier molecular flexibility index (Phi) is 55.4. The molecule has 0 spiro atoms. The molecular weight excluding hydrogens is 877 g/mol. The van der Waals surface area contributed by atoms with Gasteiger partial charge in [-0.25, -0.2) is 0 Å². The van der Waals surface area contributed by atoms with Crippen molar-refractivity contribution < 1.29 is 28.6 Å². The summed E-state index contributed by atoms with van der Waals surface area (Å²) in [5, 5.41) is 0. The monoisotopic (exact) mass is 985 g/mol. The second-order valence-electron chi connectivity index (χ2n) is 19.1. The number of allylic oxidation sites excluding steroid dienone is 18. The molecule has 0 bridgehead atoms. The van der Waals surface area contributed by atoms with Crippen molar-refractivity contribution in [3.63, 3.8) is 0 Å². The van der Waals surface area contributed by atoms with Gasteiger partial charge in [-0.3, -0.25) is 14.4 Å². The molecule has 6 nitrogen and oxygen atoms in total. The number of rotatable bonds is 52. The van der Waals surface area contributed by atoms with Crippen LogP contribution in [0.1, 0.15) is 265 Å². The van der Waals surface area contributed by atoms with Crippen LogP contribution < -0.4 is 0 Å². The maximum atomic E-state index is 12.8. The number of carbonyl (C=O) groups is 3. The van der Waals surface area contributed by atoms with Crippen LogP contribution in [0, 0.1) is 0 Å². The van der Waals surface area contributed by atoms with Gasteiger partial charge in [0.25, 0.3) is 0 Å². The molecule has 0 saturated heterocycles. The lowest BCUT2D eigenvalue weighted by molar-refractivity contribution is -0.166. The van der Waals surface area contributed by atoms with Gasteiger partial charge < -0.3 is 14.2 Å². The summed E-state index contributed by atoms with van der Waals surface area (Å²) in [5.74, 6) is -0.989. The zero-order chi connectivity index (χ0) is 51.4. The van der Waals surface area contributed by atoms with Crippen LogP contribution in [-0.2, 0) is 28.6 Å². The van der Waals surface area contributed by atoms with E-state index < -0.39 is 6.10 Å². The maximum absolute atomic E-state index is 12.8. The average molecular weight is 986 g/mol. The van der Waals surface area contributed by atoms with E-state index in [0.29, 0.717) is 19.3 Å². The number of ether oxygens (including phenoxy) is 3. The van der Waals surface area contributed by atoms with Gasteiger partial charge in [0.15, 0.2) is 6.10 Å². The Bertz CT molecular complexity index is 1460. The summed E-state index contributed by atoms with van der Waals surface area (Å²) >= 11 is 0. The molecule has 0 aromatic carbocycles. The van der Waals surface area contributed by atoms with Gasteiger partial charge in [0, 0.05) is 19.3 Å². The quantitative estimate of drug-likeness (QED) is 0.0261. The van der Waals surface area contributed by atoms with E-state index in [4.69, 9.17) is 14.2 Å². The van der Waals surface area contributed by atoms with Crippen LogP contribution in [0.15, 0.2) is 109 Å². The van der Waals surface area contributed by atoms with E-state index in [9.17, 15) is 14.4 Å². The molecule has 1 atom stereocenters. The Morgan fingerprint density at radius 2 is 0.577 bits per heavy atom. The molecule has 71 heavy (non-hydrogen) atoms. The number of carbonyl (C=O) groups excluding carboxylic acids is 3. The molecule has 6 heteroatoms. The fourth-order valence-electron chi connectivity index (χ4n) is 7.95. The Morgan fingerprint density at radius 1 is 0.296 bits per heavy atom. The fourth-order valence-corrected chi connectivity index (χ4v) is 7.95. The molecule has 0 aliphatic carbocycles. The summed E-state index contributed by atoms with van der Waals surface area (Å²) in [6.45, 7) is 6.35. The van der Waals surface area contributed by atoms with Crippen molar-refractivity contribution in [2.45, 2.75) is 271 Å². The van der Waals surface area contributed by atoms with Gasteiger partial charge in [0.05, 0.1) is 0 Å². The second-order valence-corrected chi connectivity index (χ2v) is 19.1. The van der Waals surface area contributed by atoms with Crippen LogP contribution in [0.4, 0.5) is 0 Å². The molecule has 0 N–H and O–H groups in total. The Hall–Kier alpha value is -3.93. The highest BCUT2D eigenvalue weighted by Gasteiger charge is 2.19. The van der Waals surface area contributed by atoms with E-state index in [-0.39, 0.29) is 37.5 Å². The molecule has 0 aromatic heterocycles. The third kappa shape index (κ3) is 56.9. The van der Waals surface area contributed by atoms with E-state index >= 15 is 0 Å². The topological polar surface area (TPSA) is 78.9 Å². The minimum atomic E-state index is -0.809. The molecule has 0 amide bonds. The predicted molar refractivity (Wildman–Crippen MR) is 307 cm³/mol. The van der Waals surface area contributed by atoms with E-state index in [1.165, 1.54) is 116 Å². The molecule has 0 radical (unpaired) electrons. The molecule has 404 valence electrons. The zero-order valence-corrected chi connectivity index (χ0v) is 46.2. The largest absolute Gasteiger partial charge is 0.462 e. The summed E-state index contributed by atoms with van der Waals surface area (Å²) in [4.78, 5) is 38.1. The lowest BCUT2D eigenvalue weighted by atomic mass is 10.0. The Labute approximate surface area is 438 Å². The summed E-state index contributed by atoms with van der Waals surface area (Å²) < 4.78 is 16.8. The minimum absolute atomic E-state index is 0.103. The first kappa shape index (κ1) is 67.1. The summed E-state index contributed by atoms with van der Waals surface area (Å²) in [6.07, 6.45) is 79.6. The fraction of sp³-hybridized carbons (Fsp3) is 0.677. The van der Waals surface area contributed by atoms with E-state index in [1.54, 1.807) is 0 Å². The second kappa shape index (κ2) is 58.6. The van der Waals surface area contributed by atoms with Gasteiger partial charge in [-0.05, 0) is 89.9 Å². The van der Waals surface area contributed by atoms with Gasteiger partial charge in [-0.1, -0.05) is 265 Å². The highest BCUT2D eigenvalue weighted by molar-refractivity contribution is 5.71. The molecule has 0 rings (SSSR count). The third-order valence-corrected chi connectivity index (χ3v) is 12.3. The molecule has 0 aliphatic heterocycles. The molecule has 0 aliphatic rings. The van der Waals surface area contributed by atoms with Crippen LogP contribution >= 0.6 is 0 Å². The standard InChI is InChI=1S/C65H108O6/c1-4-7-10-13-16-19-22-25-27-28-29-30-31-32-33-34-35-36-38-40-43-46-49-52-55-58-64(67)70-61-62(60-69-63(66)57-54-51-48-45-42-39-24-21-18-15-12-9-6-3)71-65(68)59-56-53-50-47-44-41-37-26-23-20-17-14-11-8-5-2/h7,9-10,12,16,18-19,21,25,27,29-30,32-33,39,42,48,51,62H,4-6,8,11,13-15,17,20,22-24,26,28,31,34-38,40-41,43-47,49-50,52-61H2,1-3H3/b10-7-,12-9-,19-16-,21-18-,27-25-,30-29-,33-32-,42-39-,51-48-. The zero-order valence-electron chi connectivity index (χ0n) is 46.2. The van der Waals surface area contributed by atoms with Crippen LogP contribution in [0.25, 0.3) is 0 Å². The number of esters is 3. The van der Waals surface area contributed by atoms with E-state index in [2.05, 4.69) is 124 Å². The highest BCUT2D eigenvalue weighted by atomic mass is 16.6. The van der Waals surface area contributed by atoms with Gasteiger partial charge in [-0.15, -0.1) is 0 Å². The van der Waals surface area contributed by atoms with Gasteiger partial charge in [-0.2, -0.15) is 0 Å². The van der Waals surface area contributed by atoms with Crippen molar-refractivity contribution in [2.75, 3.05) is 13.2 Å². The SMILES string of the molecule is CC/C=C\C/C=C\C/C=C\C/C=C\C/C=C\CCCCCCCCCCCC(=O)OCC(COC(=O)CC/C=C\C/C=C\C/C=C\C/C=C\CC)OC(=O)CCCCCCCCCCCCCCCCC. The van der Waals surface area contributed by atoms with Crippen molar-refractivity contribution in [1.82, 2.24) is 0 Å². The van der Waals surface area contributed by atoms with Crippen molar-refractivity contribution in [3.8, 4) is 0 Å². The summed E-state index contributed by atoms with van der Waals surface area (Å²) in [6, 6.07) is 0. The third-order valence-electron chi connectivity index (χ3n) is 12.3. The molecule has 1 unspecified atom stereocenters. The first-order valence-corrected chi connectivity index (χ1v) is 29.4. The van der Waals surface area contributed by atoms with Crippen LogP contribution in [0.5, 0.6) is 0 Å². The van der Waals surface area contributed by atoms with Crippen LogP contribution in [-0.4, -0.2) is 37.2 Å². The minimum Gasteiger partial charge on any atom is -0.462 e. The smallest absolute Gasteiger partial charge is 0.306 e. The van der Waals surface area contributed by atoms with Crippen molar-refractivity contribution >= 4 is 17.9 Å². The number of hydrogen-bond donors (Lipinski definition) is 0. The first-order chi connectivity index (χ1) is 35.0. The maximum Gasteiger partial charge on any atom is 0.306 e. The lowest BCUT2D eigenvalue weighted by Crippen LogP contribution is -2.30. The van der Waals surface area contributed by atoms with E-state index in [1.807, 2.05) is 6.08 Å². The molecular formula is C65H108O6. The first-order valence-electron chi connectivity index (χ1n) is 29.4. The van der Waals surface area contributed by atoms with Crippen molar-refractivity contribution in [1.29, 1.82) is 0 Å². The lowest BCUT2D eigenvalue weighted by Gasteiger charge is -2.18. The Balaban J connectivity index is 4.37. The number of unbranched alkanes of at least 4 members (excludes halogenated alkanes) is 23. The molecule has 0 fully saturated rings. The van der Waals surface area contributed by atoms with Crippen LogP contribution in [0.3, 0.4) is 0 Å². The van der Waals surface area contributed by atoms with Gasteiger partial charge >= 0.3 is 17.9 Å². The molecule has 0 heterocycles. The number of hydrogen-bond acceptors (Lipinski definition) is 6. The van der Waals surface area contributed by atoms with Gasteiger partial charge in [0.1, 0.15) is 13.2 Å². The normalized spacial score (nSPS) is 12.9. The summed E-state index contributed by atoms with van der Waals surface area (Å²) in [5.41, 5.74) is 0. The van der Waals surface area contributed by atoms with Crippen LogP contribution in [0.2, 0.25) is 0 Å². The summed E-state index contributed by atoms with van der Waals surface area (Å²) in [7, 11) is 0. The Morgan fingerprint density at radius 3 is 0.944 bits per heavy atom. The van der Waals surface area contributed by atoms with E-state index in [0.717, 1.165) is 103 Å². The van der Waals surface area contributed by atoms with Gasteiger partial charge in [0.2, 0.25) is 0 Å². The predicted octanol–water partition coefficient (Wildman–Crippen LogP) is 19.9.